The van der Waals surface area contributed by atoms with Gasteiger partial charge in [0.05, 0.1) is 16.3 Å². The van der Waals surface area contributed by atoms with E-state index in [0.717, 1.165) is 16.3 Å². The lowest BCUT2D eigenvalue weighted by atomic mass is 10.1. The summed E-state index contributed by atoms with van der Waals surface area (Å²) in [6.07, 6.45) is 1.20. The molecule has 3 aromatic rings. The van der Waals surface area contributed by atoms with Crippen molar-refractivity contribution in [2.45, 2.75) is 25.8 Å². The van der Waals surface area contributed by atoms with Gasteiger partial charge in [0.15, 0.2) is 0 Å². The second-order valence-corrected chi connectivity index (χ2v) is 10.4. The number of aromatic nitrogens is 2. The second kappa shape index (κ2) is 8.71. The maximum absolute atomic E-state index is 13.1. The quantitative estimate of drug-likeness (QED) is 0.633. The van der Waals surface area contributed by atoms with E-state index in [2.05, 4.69) is 10.4 Å². The van der Waals surface area contributed by atoms with Crippen molar-refractivity contribution in [2.24, 2.45) is 0 Å². The average molecular weight is 445 g/mol. The minimum atomic E-state index is -3.18. The third-order valence-corrected chi connectivity index (χ3v) is 8.04. The number of benzene rings is 1. The number of sulfonamides is 1. The van der Waals surface area contributed by atoms with E-state index in [9.17, 15) is 13.2 Å². The number of piperidine rings is 1. The van der Waals surface area contributed by atoms with Gasteiger partial charge in [-0.1, -0.05) is 24.3 Å². The van der Waals surface area contributed by atoms with Gasteiger partial charge in [0.2, 0.25) is 10.0 Å². The number of thiophene rings is 1. The van der Waals surface area contributed by atoms with Gasteiger partial charge in [-0.15, -0.1) is 11.3 Å². The van der Waals surface area contributed by atoms with Crippen LogP contribution < -0.4 is 5.32 Å². The minimum absolute atomic E-state index is 0.0647. The summed E-state index contributed by atoms with van der Waals surface area (Å²) in [5.41, 5.74) is 2.03. The molecule has 0 saturated carbocycles. The lowest BCUT2D eigenvalue weighted by Gasteiger charge is -2.31. The Balaban J connectivity index is 1.54. The molecule has 30 heavy (non-hydrogen) atoms. The summed E-state index contributed by atoms with van der Waals surface area (Å²) in [6, 6.07) is 15.3. The zero-order chi connectivity index (χ0) is 21.1. The molecule has 1 fully saturated rings. The smallest absolute Gasteiger partial charge is 0.270 e. The standard InChI is InChI=1S/C21H24N4O3S2/c1-2-30(27,28)24-12-10-16(11-13-24)22-21(26)19-15-18(20-9-6-14-29-20)23-25(19)17-7-4-3-5-8-17/h3-9,14-16H,2,10-13H2,1H3,(H,22,26). The number of rotatable bonds is 6. The monoisotopic (exact) mass is 444 g/mol. The van der Waals surface area contributed by atoms with Crippen LogP contribution in [0, 0.1) is 0 Å². The van der Waals surface area contributed by atoms with Crippen molar-refractivity contribution >= 4 is 27.3 Å². The highest BCUT2D eigenvalue weighted by Crippen LogP contribution is 2.26. The molecule has 7 nitrogen and oxygen atoms in total. The number of para-hydroxylation sites is 1. The number of nitrogens with zero attached hydrogens (tertiary/aromatic N) is 3. The van der Waals surface area contributed by atoms with E-state index >= 15 is 0 Å². The number of carbonyl (C=O) groups is 1. The molecule has 0 radical (unpaired) electrons. The topological polar surface area (TPSA) is 84.3 Å². The normalized spacial score (nSPS) is 15.9. The van der Waals surface area contributed by atoms with Crippen LogP contribution in [0.3, 0.4) is 0 Å². The molecule has 0 unspecified atom stereocenters. The van der Waals surface area contributed by atoms with Crippen LogP contribution in [0.5, 0.6) is 0 Å². The van der Waals surface area contributed by atoms with Gasteiger partial charge in [0, 0.05) is 19.1 Å². The molecular formula is C21H24N4O3S2. The summed E-state index contributed by atoms with van der Waals surface area (Å²) < 4.78 is 27.3. The Morgan fingerprint density at radius 3 is 2.53 bits per heavy atom. The van der Waals surface area contributed by atoms with Gasteiger partial charge < -0.3 is 5.32 Å². The molecule has 9 heteroatoms. The van der Waals surface area contributed by atoms with Crippen molar-refractivity contribution in [1.29, 1.82) is 0 Å². The molecule has 0 atom stereocenters. The fourth-order valence-corrected chi connectivity index (χ4v) is 5.39. The minimum Gasteiger partial charge on any atom is -0.348 e. The third-order valence-electron chi connectivity index (χ3n) is 5.26. The van der Waals surface area contributed by atoms with Crippen LogP contribution in [0.1, 0.15) is 30.3 Å². The van der Waals surface area contributed by atoms with E-state index < -0.39 is 10.0 Å². The fourth-order valence-electron chi connectivity index (χ4n) is 3.57. The van der Waals surface area contributed by atoms with Gasteiger partial charge in [0.25, 0.3) is 5.91 Å². The van der Waals surface area contributed by atoms with E-state index in [0.29, 0.717) is 31.6 Å². The SMILES string of the molecule is CCS(=O)(=O)N1CCC(NC(=O)c2cc(-c3cccs3)nn2-c2ccccc2)CC1. The van der Waals surface area contributed by atoms with Crippen molar-refractivity contribution in [3.05, 3.63) is 59.6 Å². The van der Waals surface area contributed by atoms with Crippen molar-refractivity contribution in [2.75, 3.05) is 18.8 Å². The van der Waals surface area contributed by atoms with Crippen molar-refractivity contribution in [1.82, 2.24) is 19.4 Å². The van der Waals surface area contributed by atoms with E-state index in [1.807, 2.05) is 53.9 Å². The Kier molecular flexibility index (Phi) is 6.03. The second-order valence-electron chi connectivity index (χ2n) is 7.19. The third kappa shape index (κ3) is 4.33. The van der Waals surface area contributed by atoms with Crippen molar-refractivity contribution in [3.8, 4) is 16.3 Å². The molecule has 158 valence electrons. The molecule has 1 N–H and O–H groups in total. The Morgan fingerprint density at radius 1 is 1.17 bits per heavy atom. The lowest BCUT2D eigenvalue weighted by molar-refractivity contribution is 0.0916. The van der Waals surface area contributed by atoms with Crippen LogP contribution in [0.15, 0.2) is 53.9 Å². The molecule has 3 heterocycles. The Hall–Kier alpha value is -2.49. The molecule has 1 aromatic carbocycles. The highest BCUT2D eigenvalue weighted by atomic mass is 32.2. The average Bonchev–Trinajstić information content (AvgIpc) is 3.45. The van der Waals surface area contributed by atoms with Crippen molar-refractivity contribution in [3.63, 3.8) is 0 Å². The summed E-state index contributed by atoms with van der Waals surface area (Å²) >= 11 is 1.58. The summed E-state index contributed by atoms with van der Waals surface area (Å²) in [5.74, 6) is -0.0999. The Bertz CT molecular complexity index is 1100. The first-order valence-electron chi connectivity index (χ1n) is 9.96. The van der Waals surface area contributed by atoms with E-state index in [1.54, 1.807) is 22.9 Å². The van der Waals surface area contributed by atoms with Crippen LogP contribution >= 0.6 is 11.3 Å². The van der Waals surface area contributed by atoms with Gasteiger partial charge in [-0.05, 0) is 49.4 Å². The molecule has 1 aliphatic rings. The van der Waals surface area contributed by atoms with E-state index in [1.165, 1.54) is 4.31 Å². The summed E-state index contributed by atoms with van der Waals surface area (Å²) in [4.78, 5) is 14.1. The number of hydrogen-bond acceptors (Lipinski definition) is 5. The first kappa shape index (κ1) is 20.8. The fraction of sp³-hybridized carbons (Fsp3) is 0.333. The predicted molar refractivity (Wildman–Crippen MR) is 118 cm³/mol. The van der Waals surface area contributed by atoms with E-state index in [4.69, 9.17) is 0 Å². The van der Waals surface area contributed by atoms with Crippen molar-refractivity contribution < 1.29 is 13.2 Å². The lowest BCUT2D eigenvalue weighted by Crippen LogP contribution is -2.47. The molecule has 0 bridgehead atoms. The molecule has 1 aliphatic heterocycles. The summed E-state index contributed by atoms with van der Waals surface area (Å²) in [5, 5.41) is 9.73. The number of hydrogen-bond donors (Lipinski definition) is 1. The van der Waals surface area contributed by atoms with Crippen LogP contribution in [0.25, 0.3) is 16.3 Å². The predicted octanol–water partition coefficient (Wildman–Crippen LogP) is 3.14. The van der Waals surface area contributed by atoms with Gasteiger partial charge in [-0.2, -0.15) is 5.10 Å². The molecule has 4 rings (SSSR count). The molecule has 1 saturated heterocycles. The highest BCUT2D eigenvalue weighted by molar-refractivity contribution is 7.89. The zero-order valence-corrected chi connectivity index (χ0v) is 18.3. The Morgan fingerprint density at radius 2 is 1.90 bits per heavy atom. The van der Waals surface area contributed by atoms with Crippen LogP contribution in [0.4, 0.5) is 0 Å². The number of nitrogens with one attached hydrogen (secondary N) is 1. The van der Waals surface area contributed by atoms with Gasteiger partial charge in [-0.3, -0.25) is 4.79 Å². The maximum Gasteiger partial charge on any atom is 0.270 e. The van der Waals surface area contributed by atoms with Crippen LogP contribution in [-0.4, -0.2) is 53.3 Å². The molecule has 2 aromatic heterocycles. The first-order valence-corrected chi connectivity index (χ1v) is 12.4. The highest BCUT2D eigenvalue weighted by Gasteiger charge is 2.28. The summed E-state index contributed by atoms with van der Waals surface area (Å²) in [6.45, 7) is 2.51. The first-order chi connectivity index (χ1) is 14.5. The van der Waals surface area contributed by atoms with Gasteiger partial charge in [-0.25, -0.2) is 17.4 Å². The molecule has 0 aliphatic carbocycles. The molecule has 1 amide bonds. The Labute approximate surface area is 180 Å². The van der Waals surface area contributed by atoms with Gasteiger partial charge in [0.1, 0.15) is 11.4 Å². The zero-order valence-electron chi connectivity index (χ0n) is 16.7. The summed E-state index contributed by atoms with van der Waals surface area (Å²) in [7, 11) is -3.18. The maximum atomic E-state index is 13.1. The van der Waals surface area contributed by atoms with Crippen LogP contribution in [-0.2, 0) is 10.0 Å². The molecular weight excluding hydrogens is 420 g/mol. The van der Waals surface area contributed by atoms with Crippen LogP contribution in [0.2, 0.25) is 0 Å². The largest absolute Gasteiger partial charge is 0.348 e. The van der Waals surface area contributed by atoms with E-state index in [-0.39, 0.29) is 17.7 Å². The number of amides is 1. The number of carbonyl (C=O) groups excluding carboxylic acids is 1. The molecule has 0 spiro atoms. The van der Waals surface area contributed by atoms with Gasteiger partial charge >= 0.3 is 0 Å².